The third-order valence-electron chi connectivity index (χ3n) is 1.88. The summed E-state index contributed by atoms with van der Waals surface area (Å²) in [5, 5.41) is 8.24. The molecule has 0 aromatic carbocycles. The van der Waals surface area contributed by atoms with Gasteiger partial charge in [-0.05, 0) is 5.56 Å². The number of thiol groups is 1. The van der Waals surface area contributed by atoms with Crippen molar-refractivity contribution in [2.75, 3.05) is 5.75 Å². The van der Waals surface area contributed by atoms with Crippen LogP contribution in [0.1, 0.15) is 5.56 Å². The number of nitrogens with zero attached hydrogens (tertiary/aromatic N) is 2. The van der Waals surface area contributed by atoms with Crippen LogP contribution < -0.4 is 9.29 Å². The van der Waals surface area contributed by atoms with Crippen LogP contribution in [0.4, 0.5) is 0 Å². The summed E-state index contributed by atoms with van der Waals surface area (Å²) in [4.78, 5) is 0. The molecule has 1 rings (SSSR count). The van der Waals surface area contributed by atoms with Gasteiger partial charge in [0.2, 0.25) is 10.0 Å². The molecular formula is C9H12N3O2S2+. The van der Waals surface area contributed by atoms with Crippen LogP contribution in [-0.4, -0.2) is 14.2 Å². The van der Waals surface area contributed by atoms with Gasteiger partial charge in [0.05, 0.1) is 5.75 Å². The summed E-state index contributed by atoms with van der Waals surface area (Å²) in [6, 6.07) is 3.42. The van der Waals surface area contributed by atoms with E-state index in [2.05, 4.69) is 12.6 Å². The second-order valence-corrected chi connectivity index (χ2v) is 5.31. The van der Waals surface area contributed by atoms with Crippen LogP contribution in [-0.2, 0) is 22.3 Å². The van der Waals surface area contributed by atoms with E-state index in [1.807, 2.05) is 4.57 Å². The zero-order valence-corrected chi connectivity index (χ0v) is 10.2. The van der Waals surface area contributed by atoms with Crippen molar-refractivity contribution in [2.24, 2.45) is 0 Å². The number of hydrogen-bond acceptors (Lipinski definition) is 4. The number of sulfonamides is 1. The molecular weight excluding hydrogens is 246 g/mol. The molecule has 0 bridgehead atoms. The molecule has 0 spiro atoms. The Morgan fingerprint density at radius 3 is 2.56 bits per heavy atom. The fourth-order valence-corrected chi connectivity index (χ4v) is 2.25. The van der Waals surface area contributed by atoms with Gasteiger partial charge in [-0.1, -0.05) is 0 Å². The third kappa shape index (κ3) is 4.08. The number of nitrogens with one attached hydrogen (secondary N) is 1. The first-order chi connectivity index (χ1) is 7.57. The van der Waals surface area contributed by atoms with E-state index in [4.69, 9.17) is 5.26 Å². The second-order valence-electron chi connectivity index (χ2n) is 3.14. The largest absolute Gasteiger partial charge is 0.245 e. The molecule has 1 N–H and O–H groups in total. The van der Waals surface area contributed by atoms with Crippen molar-refractivity contribution in [1.82, 2.24) is 4.72 Å². The van der Waals surface area contributed by atoms with Crippen molar-refractivity contribution >= 4 is 22.7 Å². The van der Waals surface area contributed by atoms with Crippen molar-refractivity contribution in [1.29, 1.82) is 5.26 Å². The van der Waals surface area contributed by atoms with E-state index >= 15 is 0 Å². The Labute approximate surface area is 100 Å². The highest BCUT2D eigenvalue weighted by atomic mass is 32.2. The predicted octanol–water partition coefficient (Wildman–Crippen LogP) is -0.196. The maximum atomic E-state index is 11.3. The molecule has 0 amide bonds. The van der Waals surface area contributed by atoms with Crippen LogP contribution >= 0.6 is 12.6 Å². The summed E-state index contributed by atoms with van der Waals surface area (Å²) in [7, 11) is -3.55. The average Bonchev–Trinajstić information content (AvgIpc) is 2.21. The van der Waals surface area contributed by atoms with Crippen molar-refractivity contribution in [3.8, 4) is 6.19 Å². The summed E-state index contributed by atoms with van der Waals surface area (Å²) in [6.45, 7) is 0.770. The fraction of sp³-hybridized carbons (Fsp3) is 0.333. The molecule has 0 radical (unpaired) electrons. The van der Waals surface area contributed by atoms with E-state index in [9.17, 15) is 8.42 Å². The number of rotatable bonds is 5. The van der Waals surface area contributed by atoms with Crippen LogP contribution in [0.2, 0.25) is 0 Å². The van der Waals surface area contributed by atoms with Crippen LogP contribution in [0.25, 0.3) is 0 Å². The summed E-state index contributed by atoms with van der Waals surface area (Å²) < 4.78 is 26.2. The summed E-state index contributed by atoms with van der Waals surface area (Å²) in [5.41, 5.74) is 0.637. The highest BCUT2D eigenvalue weighted by molar-refractivity contribution is 7.88. The lowest BCUT2D eigenvalue weighted by Gasteiger charge is -2.00. The predicted molar refractivity (Wildman–Crippen MR) is 61.9 cm³/mol. The lowest BCUT2D eigenvalue weighted by molar-refractivity contribution is -0.692. The Morgan fingerprint density at radius 1 is 1.44 bits per heavy atom. The van der Waals surface area contributed by atoms with Crippen LogP contribution in [0.3, 0.4) is 0 Å². The molecule has 0 saturated carbocycles. The van der Waals surface area contributed by atoms with Gasteiger partial charge in [-0.3, -0.25) is 0 Å². The van der Waals surface area contributed by atoms with E-state index < -0.39 is 10.0 Å². The van der Waals surface area contributed by atoms with Gasteiger partial charge in [-0.15, -0.1) is 0 Å². The monoisotopic (exact) mass is 258 g/mol. The first-order valence-corrected chi connectivity index (χ1v) is 6.83. The average molecular weight is 258 g/mol. The highest BCUT2D eigenvalue weighted by Crippen LogP contribution is 2.01. The normalized spacial score (nSPS) is 10.8. The Bertz CT molecular complexity index is 476. The van der Waals surface area contributed by atoms with Gasteiger partial charge >= 0.3 is 0 Å². The van der Waals surface area contributed by atoms with E-state index in [1.165, 1.54) is 6.19 Å². The molecule has 0 saturated heterocycles. The van der Waals surface area contributed by atoms with Crippen molar-refractivity contribution < 1.29 is 13.0 Å². The molecule has 86 valence electrons. The first kappa shape index (κ1) is 12.8. The third-order valence-corrected chi connectivity index (χ3v) is 3.19. The van der Waals surface area contributed by atoms with Gasteiger partial charge in [0.1, 0.15) is 0 Å². The Kier molecular flexibility index (Phi) is 4.58. The Balaban J connectivity index is 2.73. The SMILES string of the molecule is N#CNS(=O)(=O)Cc1cc[n+](CCS)cc1. The lowest BCUT2D eigenvalue weighted by atomic mass is 10.3. The van der Waals surface area contributed by atoms with Gasteiger partial charge < -0.3 is 0 Å². The van der Waals surface area contributed by atoms with Crippen molar-refractivity contribution in [3.05, 3.63) is 30.1 Å². The van der Waals surface area contributed by atoms with Gasteiger partial charge in [0, 0.05) is 17.9 Å². The minimum atomic E-state index is -3.55. The van der Waals surface area contributed by atoms with E-state index in [0.29, 0.717) is 5.56 Å². The Morgan fingerprint density at radius 2 is 2.06 bits per heavy atom. The smallest absolute Gasteiger partial charge is 0.219 e. The van der Waals surface area contributed by atoms with E-state index in [-0.39, 0.29) is 5.75 Å². The molecule has 0 fully saturated rings. The highest BCUT2D eigenvalue weighted by Gasteiger charge is 2.11. The molecule has 1 aromatic rings. The molecule has 0 atom stereocenters. The Hall–Kier alpha value is -1.26. The van der Waals surface area contributed by atoms with E-state index in [1.54, 1.807) is 29.2 Å². The minimum Gasteiger partial charge on any atom is -0.219 e. The summed E-state index contributed by atoms with van der Waals surface area (Å²) in [5.74, 6) is 0.528. The van der Waals surface area contributed by atoms with Gasteiger partial charge in [-0.2, -0.15) is 17.9 Å². The number of nitriles is 1. The maximum Gasteiger partial charge on any atom is 0.245 e. The number of hydrogen-bond donors (Lipinski definition) is 2. The molecule has 0 aliphatic carbocycles. The molecule has 0 aliphatic rings. The van der Waals surface area contributed by atoms with Crippen LogP contribution in [0.5, 0.6) is 0 Å². The number of aryl methyl sites for hydroxylation is 1. The van der Waals surface area contributed by atoms with Crippen LogP contribution in [0.15, 0.2) is 24.5 Å². The summed E-state index contributed by atoms with van der Waals surface area (Å²) >= 11 is 4.09. The number of pyridine rings is 1. The minimum absolute atomic E-state index is 0.192. The molecule has 1 heterocycles. The number of aromatic nitrogens is 1. The molecule has 0 unspecified atom stereocenters. The topological polar surface area (TPSA) is 73.8 Å². The van der Waals surface area contributed by atoms with Gasteiger partial charge in [-0.25, -0.2) is 17.7 Å². The van der Waals surface area contributed by atoms with Gasteiger partial charge in [0.15, 0.2) is 25.1 Å². The molecule has 5 nitrogen and oxygen atoms in total. The summed E-state index contributed by atoms with van der Waals surface area (Å²) in [6.07, 6.45) is 4.98. The lowest BCUT2D eigenvalue weighted by Crippen LogP contribution is -2.33. The second kappa shape index (κ2) is 5.72. The van der Waals surface area contributed by atoms with Crippen LogP contribution in [0, 0.1) is 11.5 Å². The molecule has 16 heavy (non-hydrogen) atoms. The van der Waals surface area contributed by atoms with Crippen molar-refractivity contribution in [3.63, 3.8) is 0 Å². The fourth-order valence-electron chi connectivity index (χ4n) is 1.17. The standard InChI is InChI=1S/C9H11N3O2S2/c10-8-11-16(13,14)7-9-1-3-12(4-2-9)5-6-15/h1-4,11H,5-7H2/p+1. The maximum absolute atomic E-state index is 11.3. The zero-order valence-electron chi connectivity index (χ0n) is 8.50. The first-order valence-electron chi connectivity index (χ1n) is 4.55. The van der Waals surface area contributed by atoms with Crippen molar-refractivity contribution in [2.45, 2.75) is 12.3 Å². The zero-order chi connectivity index (χ0) is 12.0. The molecule has 0 aliphatic heterocycles. The molecule has 1 aromatic heterocycles. The van der Waals surface area contributed by atoms with Gasteiger partial charge in [0.25, 0.3) is 0 Å². The van der Waals surface area contributed by atoms with E-state index in [0.717, 1.165) is 12.3 Å². The quantitative estimate of drug-likeness (QED) is 0.332. The molecule has 7 heteroatoms.